The number of rotatable bonds is 8. The molecule has 196 valence electrons. The number of hydrogen-bond acceptors (Lipinski definition) is 2. The number of nitrogens with one attached hydrogen (secondary N) is 2. The van der Waals surface area contributed by atoms with Crippen molar-refractivity contribution >= 4 is 16.9 Å². The summed E-state index contributed by atoms with van der Waals surface area (Å²) in [5.41, 5.74) is 2.48. The number of benzene rings is 3. The molecule has 1 aliphatic rings. The smallest absolute Gasteiger partial charge is 0.270 e. The Bertz CT molecular complexity index is 1220. The van der Waals surface area contributed by atoms with Crippen molar-refractivity contribution in [2.24, 2.45) is 5.92 Å². The number of alkyl halides is 2. The maximum absolute atomic E-state index is 13.4. The van der Waals surface area contributed by atoms with Crippen molar-refractivity contribution in [2.45, 2.75) is 62.4 Å². The number of carbonyl (C=O) groups is 1. The molecule has 4 nitrogen and oxygen atoms in total. The van der Waals surface area contributed by atoms with Crippen LogP contribution in [0.4, 0.5) is 13.2 Å². The van der Waals surface area contributed by atoms with E-state index in [4.69, 9.17) is 0 Å². The Morgan fingerprint density at radius 2 is 1.43 bits per heavy atom. The number of halogens is 3. The Morgan fingerprint density at radius 1 is 0.892 bits per heavy atom. The molecule has 0 bridgehead atoms. The minimum atomic E-state index is -2.88. The fourth-order valence-electron chi connectivity index (χ4n) is 4.59. The van der Waals surface area contributed by atoms with Crippen molar-refractivity contribution in [3.8, 4) is 11.1 Å². The fourth-order valence-corrected chi connectivity index (χ4v) is 5.64. The van der Waals surface area contributed by atoms with Crippen LogP contribution >= 0.6 is 0 Å². The van der Waals surface area contributed by atoms with E-state index in [1.165, 1.54) is 24.3 Å². The van der Waals surface area contributed by atoms with Gasteiger partial charge in [-0.1, -0.05) is 48.5 Å². The third-order valence-electron chi connectivity index (χ3n) is 6.89. The average molecular weight is 529 g/mol. The molecule has 0 heterocycles. The molecule has 0 saturated heterocycles. The van der Waals surface area contributed by atoms with Gasteiger partial charge in [0.25, 0.3) is 5.92 Å². The lowest BCUT2D eigenvalue weighted by Crippen LogP contribution is -2.39. The summed E-state index contributed by atoms with van der Waals surface area (Å²) < 4.78 is 56.1. The quantitative estimate of drug-likeness (QED) is 0.344. The highest BCUT2D eigenvalue weighted by Crippen LogP contribution is 2.30. The molecular weight excluding hydrogens is 497 g/mol. The molecule has 1 unspecified atom stereocenters. The number of amides is 1. The van der Waals surface area contributed by atoms with Crippen LogP contribution in [0.5, 0.6) is 0 Å². The molecule has 0 aromatic heterocycles. The van der Waals surface area contributed by atoms with Gasteiger partial charge in [0, 0.05) is 24.4 Å². The van der Waals surface area contributed by atoms with Gasteiger partial charge < -0.3 is 5.32 Å². The molecule has 1 fully saturated rings. The lowest BCUT2D eigenvalue weighted by molar-refractivity contribution is -0.126. The van der Waals surface area contributed by atoms with Crippen molar-refractivity contribution in [3.05, 3.63) is 89.7 Å². The van der Waals surface area contributed by atoms with Gasteiger partial charge in [0.1, 0.15) is 16.8 Å². The van der Waals surface area contributed by atoms with Gasteiger partial charge in [-0.2, -0.15) is 0 Å². The zero-order chi connectivity index (χ0) is 26.6. The van der Waals surface area contributed by atoms with Crippen LogP contribution in [0, 0.1) is 11.7 Å². The van der Waals surface area contributed by atoms with Crippen molar-refractivity contribution < 1.29 is 22.2 Å². The Hall–Kier alpha value is -2.97. The third-order valence-corrected chi connectivity index (χ3v) is 8.14. The summed E-state index contributed by atoms with van der Waals surface area (Å²) in [5.74, 6) is -3.30. The van der Waals surface area contributed by atoms with Crippen molar-refractivity contribution in [1.82, 2.24) is 10.0 Å². The van der Waals surface area contributed by atoms with E-state index in [-0.39, 0.29) is 35.3 Å². The van der Waals surface area contributed by atoms with E-state index in [0.29, 0.717) is 17.7 Å². The third kappa shape index (κ3) is 7.08. The molecule has 0 aliphatic heterocycles. The summed E-state index contributed by atoms with van der Waals surface area (Å²) in [4.78, 5) is 13.3. The highest BCUT2D eigenvalue weighted by atomic mass is 32.2. The lowest BCUT2D eigenvalue weighted by atomic mass is 9.85. The molecule has 4 rings (SSSR count). The van der Waals surface area contributed by atoms with E-state index in [0.717, 1.165) is 36.5 Å². The molecule has 8 heteroatoms. The summed E-state index contributed by atoms with van der Waals surface area (Å²) in [6, 6.07) is 19.3. The van der Waals surface area contributed by atoms with Crippen LogP contribution < -0.4 is 10.0 Å². The molecule has 37 heavy (non-hydrogen) atoms. The molecule has 1 aliphatic carbocycles. The SMILES string of the molecule is C[C@@H](NC(=O)C1CCC(NS(=O)c2ccc(-c3ccc(C(C)(F)F)cc3)cc2)CC1)c1ccc(F)cc1. The highest BCUT2D eigenvalue weighted by Gasteiger charge is 2.28. The molecule has 3 aromatic rings. The van der Waals surface area contributed by atoms with Crippen molar-refractivity contribution in [3.63, 3.8) is 0 Å². The van der Waals surface area contributed by atoms with E-state index in [9.17, 15) is 22.2 Å². The summed E-state index contributed by atoms with van der Waals surface area (Å²) in [6.45, 7) is 2.75. The molecule has 0 spiro atoms. The van der Waals surface area contributed by atoms with Gasteiger partial charge in [-0.3, -0.25) is 4.79 Å². The summed E-state index contributed by atoms with van der Waals surface area (Å²) in [5, 5.41) is 3.02. The van der Waals surface area contributed by atoms with Crippen LogP contribution in [0.1, 0.15) is 56.7 Å². The summed E-state index contributed by atoms with van der Waals surface area (Å²) in [7, 11) is -1.40. The molecule has 2 atom stereocenters. The van der Waals surface area contributed by atoms with Crippen LogP contribution in [-0.4, -0.2) is 16.2 Å². The summed E-state index contributed by atoms with van der Waals surface area (Å²) in [6.07, 6.45) is 2.87. The van der Waals surface area contributed by atoms with Crippen LogP contribution in [0.2, 0.25) is 0 Å². The second kappa shape index (κ2) is 11.6. The zero-order valence-electron chi connectivity index (χ0n) is 20.8. The van der Waals surface area contributed by atoms with E-state index in [1.54, 1.807) is 36.4 Å². The molecular formula is C29H31F3N2O2S. The van der Waals surface area contributed by atoms with Crippen LogP contribution in [-0.2, 0) is 21.7 Å². The highest BCUT2D eigenvalue weighted by molar-refractivity contribution is 7.83. The second-order valence-corrected chi connectivity index (χ2v) is 11.0. The Morgan fingerprint density at radius 3 is 1.97 bits per heavy atom. The van der Waals surface area contributed by atoms with Crippen LogP contribution in [0.25, 0.3) is 11.1 Å². The molecule has 0 radical (unpaired) electrons. The standard InChI is InChI=1S/C29H31F3N2O2S/c1-19(20-5-13-25(30)14-6-20)33-28(35)23-7-15-26(16-8-23)34-37(36)27-17-9-22(10-18-27)21-3-11-24(12-4-21)29(2,31)32/h3-6,9-14,17-19,23,26,34H,7-8,15-16H2,1-2H3,(H,33,35)/t19-,23?,26?,37?/m1/s1. The molecule has 2 N–H and O–H groups in total. The Balaban J connectivity index is 1.26. The Labute approximate surface area is 218 Å². The molecule has 3 aromatic carbocycles. The number of carbonyl (C=O) groups excluding carboxylic acids is 1. The van der Waals surface area contributed by atoms with Gasteiger partial charge in [-0.05, 0) is 73.6 Å². The monoisotopic (exact) mass is 528 g/mol. The van der Waals surface area contributed by atoms with E-state index in [1.807, 2.05) is 19.1 Å². The minimum absolute atomic E-state index is 0.0114. The second-order valence-electron chi connectivity index (χ2n) is 9.71. The Kier molecular flexibility index (Phi) is 8.49. The first kappa shape index (κ1) is 27.1. The van der Waals surface area contributed by atoms with Crippen molar-refractivity contribution in [1.29, 1.82) is 0 Å². The van der Waals surface area contributed by atoms with Crippen molar-refractivity contribution in [2.75, 3.05) is 0 Å². The van der Waals surface area contributed by atoms with Gasteiger partial charge in [-0.15, -0.1) is 0 Å². The first-order chi connectivity index (χ1) is 17.6. The van der Waals surface area contributed by atoms with Gasteiger partial charge in [0.2, 0.25) is 5.91 Å². The van der Waals surface area contributed by atoms with Crippen LogP contribution in [0.3, 0.4) is 0 Å². The zero-order valence-corrected chi connectivity index (χ0v) is 21.7. The van der Waals surface area contributed by atoms with E-state index >= 15 is 0 Å². The van der Waals surface area contributed by atoms with E-state index in [2.05, 4.69) is 10.0 Å². The molecule has 1 saturated carbocycles. The average Bonchev–Trinajstić information content (AvgIpc) is 2.89. The largest absolute Gasteiger partial charge is 0.349 e. The number of hydrogen-bond donors (Lipinski definition) is 2. The maximum atomic E-state index is 13.4. The molecule has 1 amide bonds. The minimum Gasteiger partial charge on any atom is -0.349 e. The lowest BCUT2D eigenvalue weighted by Gasteiger charge is -2.29. The first-order valence-electron chi connectivity index (χ1n) is 12.4. The van der Waals surface area contributed by atoms with E-state index < -0.39 is 16.9 Å². The maximum Gasteiger partial charge on any atom is 0.270 e. The van der Waals surface area contributed by atoms with Gasteiger partial charge in [-0.25, -0.2) is 22.1 Å². The normalized spacial score (nSPS) is 19.7. The van der Waals surface area contributed by atoms with Gasteiger partial charge >= 0.3 is 0 Å². The predicted octanol–water partition coefficient (Wildman–Crippen LogP) is 6.65. The predicted molar refractivity (Wildman–Crippen MR) is 140 cm³/mol. The summed E-state index contributed by atoms with van der Waals surface area (Å²) >= 11 is 0. The van der Waals surface area contributed by atoms with Gasteiger partial charge in [0.15, 0.2) is 0 Å². The first-order valence-corrected chi connectivity index (χ1v) is 13.6. The van der Waals surface area contributed by atoms with Gasteiger partial charge in [0.05, 0.1) is 10.9 Å². The fraction of sp³-hybridized carbons (Fsp3) is 0.345. The topological polar surface area (TPSA) is 58.2 Å². The van der Waals surface area contributed by atoms with Crippen LogP contribution in [0.15, 0.2) is 77.7 Å².